The number of benzene rings is 1. The van der Waals surface area contributed by atoms with Crippen molar-refractivity contribution in [2.75, 3.05) is 0 Å². The average molecular weight is 312 g/mol. The zero-order valence-corrected chi connectivity index (χ0v) is 11.0. The quantitative estimate of drug-likeness (QED) is 0.876. The summed E-state index contributed by atoms with van der Waals surface area (Å²) in [7, 11) is 0. The molecule has 2 N–H and O–H groups in total. The second-order valence-corrected chi connectivity index (χ2v) is 5.31. The van der Waals surface area contributed by atoms with Gasteiger partial charge in [-0.25, -0.2) is 9.38 Å². The Hall–Kier alpha value is -1.43. The number of halogens is 2. The van der Waals surface area contributed by atoms with E-state index in [-0.39, 0.29) is 11.7 Å². The van der Waals surface area contributed by atoms with E-state index < -0.39 is 6.04 Å². The first-order valence-electron chi connectivity index (χ1n) is 5.73. The van der Waals surface area contributed by atoms with Crippen molar-refractivity contribution in [3.8, 4) is 0 Å². The molecule has 1 fully saturated rings. The van der Waals surface area contributed by atoms with E-state index in [9.17, 15) is 9.18 Å². The molecule has 0 aromatic heterocycles. The third-order valence-corrected chi connectivity index (χ3v) is 3.61. The summed E-state index contributed by atoms with van der Waals surface area (Å²) in [6.07, 6.45) is 2.22. The van der Waals surface area contributed by atoms with Gasteiger partial charge in [-0.1, -0.05) is 22.0 Å². The van der Waals surface area contributed by atoms with Gasteiger partial charge < -0.3 is 5.32 Å². The lowest BCUT2D eigenvalue weighted by molar-refractivity contribution is -0.120. The molecule has 1 aromatic carbocycles. The summed E-state index contributed by atoms with van der Waals surface area (Å²) in [6, 6.07) is 4.06. The van der Waals surface area contributed by atoms with E-state index in [1.807, 2.05) is 0 Å². The van der Waals surface area contributed by atoms with Gasteiger partial charge in [-0.05, 0) is 25.0 Å². The molecule has 0 spiro atoms. The Balaban J connectivity index is 1.86. The molecule has 1 saturated carbocycles. The second kappa shape index (κ2) is 4.35. The fourth-order valence-electron chi connectivity index (χ4n) is 1.83. The molecule has 1 amide bonds. The first-order chi connectivity index (χ1) is 8.63. The van der Waals surface area contributed by atoms with Crippen LogP contribution in [0.3, 0.4) is 0 Å². The molecule has 1 heterocycles. The van der Waals surface area contributed by atoms with E-state index in [0.717, 1.165) is 12.8 Å². The minimum absolute atomic E-state index is 0.189. The number of rotatable bonds is 2. The fraction of sp³-hybridized carbons (Fsp3) is 0.333. The van der Waals surface area contributed by atoms with E-state index >= 15 is 0 Å². The number of aliphatic imine (C=N–C) groups is 1. The molecule has 94 valence electrons. The van der Waals surface area contributed by atoms with Gasteiger partial charge in [0.25, 0.3) is 5.91 Å². The van der Waals surface area contributed by atoms with Gasteiger partial charge in [-0.3, -0.25) is 10.1 Å². The summed E-state index contributed by atoms with van der Waals surface area (Å²) in [6.45, 7) is 0. The van der Waals surface area contributed by atoms with Gasteiger partial charge in [0, 0.05) is 16.1 Å². The van der Waals surface area contributed by atoms with Crippen LogP contribution >= 0.6 is 15.9 Å². The highest BCUT2D eigenvalue weighted by molar-refractivity contribution is 9.10. The summed E-state index contributed by atoms with van der Waals surface area (Å²) in [5, 5.41) is 5.84. The van der Waals surface area contributed by atoms with Crippen molar-refractivity contribution in [3.05, 3.63) is 34.1 Å². The molecule has 18 heavy (non-hydrogen) atoms. The van der Waals surface area contributed by atoms with Crippen molar-refractivity contribution in [1.29, 1.82) is 0 Å². The lowest BCUT2D eigenvalue weighted by Crippen LogP contribution is -2.37. The maximum absolute atomic E-state index is 13.0. The molecule has 1 unspecified atom stereocenters. The van der Waals surface area contributed by atoms with Crippen LogP contribution in [0.2, 0.25) is 0 Å². The Morgan fingerprint density at radius 1 is 1.44 bits per heavy atom. The van der Waals surface area contributed by atoms with Crippen LogP contribution in [0.4, 0.5) is 4.39 Å². The minimum Gasteiger partial charge on any atom is -0.353 e. The Bertz CT molecular complexity index is 542. The molecule has 1 aliphatic carbocycles. The summed E-state index contributed by atoms with van der Waals surface area (Å²) < 4.78 is 13.6. The molecule has 0 radical (unpaired) electrons. The topological polar surface area (TPSA) is 53.5 Å². The molecule has 1 aliphatic heterocycles. The average Bonchev–Trinajstić information content (AvgIpc) is 3.03. The number of hydrogen-bond donors (Lipinski definition) is 2. The van der Waals surface area contributed by atoms with Gasteiger partial charge in [0.2, 0.25) is 0 Å². The maximum Gasteiger partial charge on any atom is 0.256 e. The van der Waals surface area contributed by atoms with Crippen molar-refractivity contribution >= 4 is 27.8 Å². The molecule has 0 saturated heterocycles. The van der Waals surface area contributed by atoms with Crippen LogP contribution in [-0.2, 0) is 4.79 Å². The van der Waals surface area contributed by atoms with Crippen molar-refractivity contribution in [3.63, 3.8) is 0 Å². The first kappa shape index (κ1) is 11.6. The molecular weight excluding hydrogens is 301 g/mol. The second-order valence-electron chi connectivity index (χ2n) is 4.45. The van der Waals surface area contributed by atoms with Crippen LogP contribution in [0.15, 0.2) is 27.7 Å². The first-order valence-corrected chi connectivity index (χ1v) is 6.53. The molecule has 1 aromatic rings. The lowest BCUT2D eigenvalue weighted by Gasteiger charge is -2.07. The van der Waals surface area contributed by atoms with Crippen molar-refractivity contribution in [2.24, 2.45) is 4.99 Å². The van der Waals surface area contributed by atoms with Gasteiger partial charge in [-0.2, -0.15) is 0 Å². The number of hydrogen-bond acceptors (Lipinski definition) is 3. The van der Waals surface area contributed by atoms with Crippen LogP contribution in [0.25, 0.3) is 0 Å². The predicted octanol–water partition coefficient (Wildman–Crippen LogP) is 1.87. The highest BCUT2D eigenvalue weighted by Gasteiger charge is 2.32. The number of nitrogens with one attached hydrogen (secondary N) is 2. The van der Waals surface area contributed by atoms with E-state index in [0.29, 0.717) is 22.0 Å². The summed E-state index contributed by atoms with van der Waals surface area (Å²) in [4.78, 5) is 16.1. The highest BCUT2D eigenvalue weighted by Crippen LogP contribution is 2.29. The van der Waals surface area contributed by atoms with Crippen LogP contribution in [0, 0.1) is 5.82 Å². The maximum atomic E-state index is 13.0. The van der Waals surface area contributed by atoms with Crippen molar-refractivity contribution in [2.45, 2.75) is 24.9 Å². The van der Waals surface area contributed by atoms with E-state index in [2.05, 4.69) is 31.6 Å². The summed E-state index contributed by atoms with van der Waals surface area (Å²) >= 11 is 3.26. The van der Waals surface area contributed by atoms with Gasteiger partial charge in [-0.15, -0.1) is 0 Å². The molecule has 2 aliphatic rings. The summed E-state index contributed by atoms with van der Waals surface area (Å²) in [5.74, 6) is -0.0153. The van der Waals surface area contributed by atoms with Gasteiger partial charge in [0.05, 0.1) is 0 Å². The Morgan fingerprint density at radius 3 is 2.89 bits per heavy atom. The van der Waals surface area contributed by atoms with Gasteiger partial charge in [0.1, 0.15) is 5.82 Å². The van der Waals surface area contributed by atoms with E-state index in [1.54, 1.807) is 6.07 Å². The minimum atomic E-state index is -0.610. The number of nitrogens with zero attached hydrogens (tertiary/aromatic N) is 1. The van der Waals surface area contributed by atoms with Gasteiger partial charge in [0.15, 0.2) is 12.0 Å². The highest BCUT2D eigenvalue weighted by atomic mass is 79.9. The number of amides is 1. The Kier molecular flexibility index (Phi) is 2.81. The number of guanidine groups is 1. The van der Waals surface area contributed by atoms with E-state index in [1.165, 1.54) is 12.1 Å². The largest absolute Gasteiger partial charge is 0.353 e. The van der Waals surface area contributed by atoms with Crippen molar-refractivity contribution < 1.29 is 9.18 Å². The van der Waals surface area contributed by atoms with Gasteiger partial charge >= 0.3 is 0 Å². The number of carbonyl (C=O) groups excluding carboxylic acids is 1. The predicted molar refractivity (Wildman–Crippen MR) is 68.6 cm³/mol. The molecule has 3 rings (SSSR count). The monoisotopic (exact) mass is 311 g/mol. The normalized spacial score (nSPS) is 22.7. The van der Waals surface area contributed by atoms with E-state index in [4.69, 9.17) is 0 Å². The molecule has 1 atom stereocenters. The fourth-order valence-corrected chi connectivity index (χ4v) is 2.40. The zero-order chi connectivity index (χ0) is 12.7. The van der Waals surface area contributed by atoms with Crippen molar-refractivity contribution in [1.82, 2.24) is 10.6 Å². The molecule has 6 heteroatoms. The lowest BCUT2D eigenvalue weighted by atomic mass is 10.1. The molecular formula is C12H11BrFN3O. The van der Waals surface area contributed by atoms with Crippen LogP contribution in [-0.4, -0.2) is 17.9 Å². The Morgan fingerprint density at radius 2 is 2.22 bits per heavy atom. The standard InChI is InChI=1S/C12H11BrFN3O/c13-9-5-6(14)1-4-8(9)10-11(18)17-12(16-10)15-7-2-3-7/h1,4-5,7,10H,2-3H2,(H2,15,16,17,18). The van der Waals surface area contributed by atoms with Crippen LogP contribution in [0.5, 0.6) is 0 Å². The molecule has 4 nitrogen and oxygen atoms in total. The third kappa shape index (κ3) is 2.25. The number of carbonyl (C=O) groups is 1. The third-order valence-electron chi connectivity index (χ3n) is 2.92. The van der Waals surface area contributed by atoms with Crippen LogP contribution < -0.4 is 10.6 Å². The SMILES string of the molecule is O=C1NC(NC2CC2)=NC1c1ccc(F)cc1Br. The van der Waals surface area contributed by atoms with Crippen LogP contribution in [0.1, 0.15) is 24.4 Å². The summed E-state index contributed by atoms with van der Waals surface area (Å²) in [5.41, 5.74) is 0.668. The zero-order valence-electron chi connectivity index (χ0n) is 9.41. The molecule has 0 bridgehead atoms. The Labute approximate surface area is 112 Å². The smallest absolute Gasteiger partial charge is 0.256 e.